The van der Waals surface area contributed by atoms with Gasteiger partial charge in [-0.25, -0.2) is 8.78 Å². The molecule has 0 heterocycles. The highest BCUT2D eigenvalue weighted by Gasteiger charge is 2.13. The van der Waals surface area contributed by atoms with E-state index in [1.807, 2.05) is 6.07 Å². The molecular weight excluding hydrogens is 318 g/mol. The molecule has 126 valence electrons. The highest BCUT2D eigenvalue weighted by molar-refractivity contribution is 5.99. The molecule has 2 aromatic rings. The van der Waals surface area contributed by atoms with Gasteiger partial charge in [0.05, 0.1) is 18.7 Å². The maximum atomic E-state index is 13.5. The third-order valence-corrected chi connectivity index (χ3v) is 3.11. The molecule has 7 heteroatoms. The molecule has 2 rings (SSSR count). The number of amides is 2. The predicted molar refractivity (Wildman–Crippen MR) is 84.5 cm³/mol. The Morgan fingerprint density at radius 2 is 1.92 bits per heavy atom. The molecule has 5 nitrogen and oxygen atoms in total. The first-order valence-electron chi connectivity index (χ1n) is 7.10. The SMILES string of the molecule is COCc1cccc(NC(=O)CNC(=O)c2ccc(F)cc2F)c1. The van der Waals surface area contributed by atoms with E-state index in [2.05, 4.69) is 10.6 Å². The zero-order valence-corrected chi connectivity index (χ0v) is 12.9. The van der Waals surface area contributed by atoms with Gasteiger partial charge in [-0.2, -0.15) is 0 Å². The zero-order valence-electron chi connectivity index (χ0n) is 12.9. The van der Waals surface area contributed by atoms with Gasteiger partial charge in [-0.1, -0.05) is 12.1 Å². The van der Waals surface area contributed by atoms with E-state index in [1.54, 1.807) is 25.3 Å². The van der Waals surface area contributed by atoms with Gasteiger partial charge < -0.3 is 15.4 Å². The van der Waals surface area contributed by atoms with Crippen molar-refractivity contribution in [2.75, 3.05) is 19.0 Å². The van der Waals surface area contributed by atoms with Crippen LogP contribution >= 0.6 is 0 Å². The minimum Gasteiger partial charge on any atom is -0.380 e. The number of methoxy groups -OCH3 is 1. The van der Waals surface area contributed by atoms with Crippen molar-refractivity contribution in [2.45, 2.75) is 6.61 Å². The van der Waals surface area contributed by atoms with Gasteiger partial charge in [0, 0.05) is 18.9 Å². The smallest absolute Gasteiger partial charge is 0.254 e. The second-order valence-electron chi connectivity index (χ2n) is 4.99. The molecule has 0 saturated carbocycles. The van der Waals surface area contributed by atoms with Crippen molar-refractivity contribution in [3.8, 4) is 0 Å². The van der Waals surface area contributed by atoms with E-state index in [0.717, 1.165) is 17.7 Å². The number of nitrogens with one attached hydrogen (secondary N) is 2. The Morgan fingerprint density at radius 3 is 2.62 bits per heavy atom. The van der Waals surface area contributed by atoms with Crippen LogP contribution in [-0.4, -0.2) is 25.5 Å². The van der Waals surface area contributed by atoms with Crippen LogP contribution in [0.25, 0.3) is 0 Å². The molecule has 0 atom stereocenters. The number of halogens is 2. The summed E-state index contributed by atoms with van der Waals surface area (Å²) in [6, 6.07) is 9.64. The van der Waals surface area contributed by atoms with Gasteiger partial charge in [-0.05, 0) is 29.8 Å². The van der Waals surface area contributed by atoms with Gasteiger partial charge in [-0.15, -0.1) is 0 Å². The van der Waals surface area contributed by atoms with Crippen LogP contribution in [0.2, 0.25) is 0 Å². The van der Waals surface area contributed by atoms with E-state index < -0.39 is 23.4 Å². The number of ether oxygens (including phenoxy) is 1. The Kier molecular flexibility index (Phi) is 5.97. The fourth-order valence-electron chi connectivity index (χ4n) is 2.04. The number of hydrogen-bond donors (Lipinski definition) is 2. The third-order valence-electron chi connectivity index (χ3n) is 3.11. The molecule has 0 bridgehead atoms. The van der Waals surface area contributed by atoms with Crippen molar-refractivity contribution in [3.63, 3.8) is 0 Å². The Balaban J connectivity index is 1.91. The van der Waals surface area contributed by atoms with Gasteiger partial charge in [0.25, 0.3) is 5.91 Å². The highest BCUT2D eigenvalue weighted by atomic mass is 19.1. The molecule has 0 aliphatic rings. The summed E-state index contributed by atoms with van der Waals surface area (Å²) >= 11 is 0. The van der Waals surface area contributed by atoms with Crippen LogP contribution in [-0.2, 0) is 16.1 Å². The lowest BCUT2D eigenvalue weighted by molar-refractivity contribution is -0.115. The largest absolute Gasteiger partial charge is 0.380 e. The Bertz CT molecular complexity index is 750. The van der Waals surface area contributed by atoms with Crippen molar-refractivity contribution in [1.82, 2.24) is 5.32 Å². The maximum Gasteiger partial charge on any atom is 0.254 e. The minimum atomic E-state index is -0.986. The quantitative estimate of drug-likeness (QED) is 0.853. The maximum absolute atomic E-state index is 13.5. The number of anilines is 1. The van der Waals surface area contributed by atoms with Crippen LogP contribution in [0.5, 0.6) is 0 Å². The van der Waals surface area contributed by atoms with E-state index >= 15 is 0 Å². The molecule has 2 N–H and O–H groups in total. The predicted octanol–water partition coefficient (Wildman–Crippen LogP) is 2.48. The van der Waals surface area contributed by atoms with Gasteiger partial charge in [0.15, 0.2) is 0 Å². The lowest BCUT2D eigenvalue weighted by Gasteiger charge is -2.09. The number of rotatable bonds is 6. The number of carbonyl (C=O) groups is 2. The number of benzene rings is 2. The Morgan fingerprint density at radius 1 is 1.12 bits per heavy atom. The molecule has 0 radical (unpaired) electrons. The van der Waals surface area contributed by atoms with Crippen molar-refractivity contribution >= 4 is 17.5 Å². The van der Waals surface area contributed by atoms with E-state index in [9.17, 15) is 18.4 Å². The molecule has 0 aromatic heterocycles. The highest BCUT2D eigenvalue weighted by Crippen LogP contribution is 2.11. The first-order valence-corrected chi connectivity index (χ1v) is 7.10. The molecule has 2 amide bonds. The summed E-state index contributed by atoms with van der Waals surface area (Å²) in [7, 11) is 1.56. The lowest BCUT2D eigenvalue weighted by atomic mass is 10.2. The number of hydrogen-bond acceptors (Lipinski definition) is 3. The van der Waals surface area contributed by atoms with Crippen LogP contribution in [0, 0.1) is 11.6 Å². The number of carbonyl (C=O) groups excluding carboxylic acids is 2. The van der Waals surface area contributed by atoms with Crippen LogP contribution < -0.4 is 10.6 Å². The molecule has 0 spiro atoms. The summed E-state index contributed by atoms with van der Waals surface area (Å²) in [6.07, 6.45) is 0. The standard InChI is InChI=1S/C17H16F2N2O3/c1-24-10-11-3-2-4-13(7-11)21-16(22)9-20-17(23)14-6-5-12(18)8-15(14)19/h2-8H,9-10H2,1H3,(H,20,23)(H,21,22). The zero-order chi connectivity index (χ0) is 17.5. The molecule has 0 aliphatic heterocycles. The Labute approximate surface area is 137 Å². The topological polar surface area (TPSA) is 67.4 Å². The van der Waals surface area contributed by atoms with Crippen molar-refractivity contribution in [3.05, 3.63) is 65.2 Å². The summed E-state index contributed by atoms with van der Waals surface area (Å²) in [6.45, 7) is 0.0639. The summed E-state index contributed by atoms with van der Waals surface area (Å²) in [5.74, 6) is -3.03. The first kappa shape index (κ1) is 17.6. The lowest BCUT2D eigenvalue weighted by Crippen LogP contribution is -2.33. The van der Waals surface area contributed by atoms with E-state index in [0.29, 0.717) is 18.4 Å². The van der Waals surface area contributed by atoms with Crippen molar-refractivity contribution < 1.29 is 23.1 Å². The van der Waals surface area contributed by atoms with Gasteiger partial charge in [0.2, 0.25) is 5.91 Å². The van der Waals surface area contributed by atoms with E-state index in [1.165, 1.54) is 0 Å². The average molecular weight is 334 g/mol. The van der Waals surface area contributed by atoms with Crippen molar-refractivity contribution in [2.24, 2.45) is 0 Å². The van der Waals surface area contributed by atoms with E-state index in [-0.39, 0.29) is 12.1 Å². The fraction of sp³-hybridized carbons (Fsp3) is 0.176. The third kappa shape index (κ3) is 4.85. The Hall–Kier alpha value is -2.80. The molecule has 2 aromatic carbocycles. The van der Waals surface area contributed by atoms with Crippen LogP contribution in [0.1, 0.15) is 15.9 Å². The monoisotopic (exact) mass is 334 g/mol. The van der Waals surface area contributed by atoms with Gasteiger partial charge in [0.1, 0.15) is 11.6 Å². The average Bonchev–Trinajstić information content (AvgIpc) is 2.53. The van der Waals surface area contributed by atoms with E-state index in [4.69, 9.17) is 4.74 Å². The van der Waals surface area contributed by atoms with Gasteiger partial charge in [-0.3, -0.25) is 9.59 Å². The molecule has 0 unspecified atom stereocenters. The molecule has 0 saturated heterocycles. The summed E-state index contributed by atoms with van der Waals surface area (Å²) in [4.78, 5) is 23.6. The van der Waals surface area contributed by atoms with Crippen LogP contribution in [0.15, 0.2) is 42.5 Å². The van der Waals surface area contributed by atoms with Crippen molar-refractivity contribution in [1.29, 1.82) is 0 Å². The first-order chi connectivity index (χ1) is 11.5. The van der Waals surface area contributed by atoms with Gasteiger partial charge >= 0.3 is 0 Å². The normalized spacial score (nSPS) is 10.3. The summed E-state index contributed by atoms with van der Waals surface area (Å²) in [5, 5.41) is 4.89. The fourth-order valence-corrected chi connectivity index (χ4v) is 2.04. The van der Waals surface area contributed by atoms with Crippen LogP contribution in [0.4, 0.5) is 14.5 Å². The second kappa shape index (κ2) is 8.16. The molecule has 24 heavy (non-hydrogen) atoms. The molecule has 0 fully saturated rings. The molecular formula is C17H16F2N2O3. The summed E-state index contributed by atoms with van der Waals surface area (Å²) in [5.41, 5.74) is 1.11. The second-order valence-corrected chi connectivity index (χ2v) is 4.99. The molecule has 0 aliphatic carbocycles. The minimum absolute atomic E-state index is 0.328. The summed E-state index contributed by atoms with van der Waals surface area (Å²) < 4.78 is 31.3. The van der Waals surface area contributed by atoms with Crippen LogP contribution in [0.3, 0.4) is 0 Å².